The zero-order valence-corrected chi connectivity index (χ0v) is 9.35. The van der Waals surface area contributed by atoms with Crippen molar-refractivity contribution >= 4 is 5.91 Å². The van der Waals surface area contributed by atoms with Crippen molar-refractivity contribution in [2.45, 2.75) is 25.8 Å². The van der Waals surface area contributed by atoms with E-state index in [4.69, 9.17) is 0 Å². The molecule has 4 heteroatoms. The minimum atomic E-state index is -0.932. The Morgan fingerprint density at radius 2 is 2.06 bits per heavy atom. The van der Waals surface area contributed by atoms with Crippen LogP contribution in [0, 0.1) is 4.91 Å². The molecule has 0 aliphatic carbocycles. The van der Waals surface area contributed by atoms with Crippen molar-refractivity contribution in [1.29, 1.82) is 0 Å². The van der Waals surface area contributed by atoms with E-state index in [0.717, 1.165) is 12.8 Å². The summed E-state index contributed by atoms with van der Waals surface area (Å²) in [5.41, 5.74) is 0.631. The first-order valence-electron chi connectivity index (χ1n) is 5.44. The molecule has 0 aliphatic heterocycles. The summed E-state index contributed by atoms with van der Waals surface area (Å²) in [6.07, 6.45) is 1.91. The van der Waals surface area contributed by atoms with E-state index < -0.39 is 6.04 Å². The first kappa shape index (κ1) is 12.4. The smallest absolute Gasteiger partial charge is 0.253 e. The maximum absolute atomic E-state index is 11.6. The van der Waals surface area contributed by atoms with Crippen LogP contribution < -0.4 is 5.32 Å². The van der Waals surface area contributed by atoms with Crippen molar-refractivity contribution in [3.63, 3.8) is 0 Å². The second-order valence-corrected chi connectivity index (χ2v) is 3.56. The second kappa shape index (κ2) is 6.71. The van der Waals surface area contributed by atoms with Gasteiger partial charge in [-0.15, -0.1) is 4.91 Å². The van der Waals surface area contributed by atoms with Gasteiger partial charge in [-0.3, -0.25) is 4.79 Å². The molecule has 0 bridgehead atoms. The number of carbonyl (C=O) groups is 1. The molecule has 1 aromatic rings. The van der Waals surface area contributed by atoms with Gasteiger partial charge < -0.3 is 5.32 Å². The minimum absolute atomic E-state index is 0.324. The molecule has 0 saturated carbocycles. The molecule has 4 nitrogen and oxygen atoms in total. The summed E-state index contributed by atoms with van der Waals surface area (Å²) >= 11 is 0. The topological polar surface area (TPSA) is 58.5 Å². The summed E-state index contributed by atoms with van der Waals surface area (Å²) in [7, 11) is 0. The van der Waals surface area contributed by atoms with E-state index in [1.807, 2.05) is 13.0 Å². The minimum Gasteiger partial charge on any atom is -0.354 e. The molecular weight excluding hydrogens is 204 g/mol. The molecule has 0 aromatic heterocycles. The molecular formula is C12H16N2O2. The number of carbonyl (C=O) groups excluding carboxylic acids is 1. The summed E-state index contributed by atoms with van der Waals surface area (Å²) in [6, 6.07) is 7.93. The lowest BCUT2D eigenvalue weighted by Crippen LogP contribution is -2.29. The normalized spacial score (nSPS) is 11.8. The highest BCUT2D eigenvalue weighted by molar-refractivity contribution is 5.83. The highest BCUT2D eigenvalue weighted by atomic mass is 16.3. The zero-order valence-electron chi connectivity index (χ0n) is 9.35. The van der Waals surface area contributed by atoms with Crippen LogP contribution in [0.2, 0.25) is 0 Å². The maximum Gasteiger partial charge on any atom is 0.253 e. The average molecular weight is 220 g/mol. The summed E-state index contributed by atoms with van der Waals surface area (Å²) in [5.74, 6) is -0.324. The van der Waals surface area contributed by atoms with Crippen LogP contribution >= 0.6 is 0 Å². The first-order valence-corrected chi connectivity index (χ1v) is 5.44. The second-order valence-electron chi connectivity index (χ2n) is 3.56. The molecule has 1 amide bonds. The van der Waals surface area contributed by atoms with Crippen LogP contribution in [0.15, 0.2) is 35.5 Å². The Morgan fingerprint density at radius 1 is 1.38 bits per heavy atom. The van der Waals surface area contributed by atoms with Gasteiger partial charge in [-0.25, -0.2) is 0 Å². The van der Waals surface area contributed by atoms with Gasteiger partial charge in [0.2, 0.25) is 0 Å². The standard InChI is InChI=1S/C12H16N2O2/c1-2-3-9-13-12(15)11(14-16)10-7-5-4-6-8-10/h4-8,11H,2-3,9H2,1H3,(H,13,15). The van der Waals surface area contributed by atoms with Crippen molar-refractivity contribution in [3.05, 3.63) is 40.8 Å². The fourth-order valence-corrected chi connectivity index (χ4v) is 1.38. The Morgan fingerprint density at radius 3 is 2.62 bits per heavy atom. The monoisotopic (exact) mass is 220 g/mol. The molecule has 1 atom stereocenters. The van der Waals surface area contributed by atoms with Gasteiger partial charge in [-0.05, 0) is 12.0 Å². The SMILES string of the molecule is CCCCNC(=O)C(N=O)c1ccccc1. The fourth-order valence-electron chi connectivity index (χ4n) is 1.38. The molecule has 1 aromatic carbocycles. The van der Waals surface area contributed by atoms with Crippen LogP contribution in [0.5, 0.6) is 0 Å². The molecule has 1 N–H and O–H groups in total. The molecule has 0 heterocycles. The molecule has 0 fully saturated rings. The van der Waals surface area contributed by atoms with Crippen LogP contribution in [0.25, 0.3) is 0 Å². The van der Waals surface area contributed by atoms with E-state index in [-0.39, 0.29) is 5.91 Å². The van der Waals surface area contributed by atoms with E-state index in [1.54, 1.807) is 24.3 Å². The van der Waals surface area contributed by atoms with E-state index in [2.05, 4.69) is 10.5 Å². The van der Waals surface area contributed by atoms with Crippen molar-refractivity contribution in [2.24, 2.45) is 5.18 Å². The van der Waals surface area contributed by atoms with Gasteiger partial charge in [-0.2, -0.15) is 0 Å². The Bertz CT molecular complexity index is 338. The van der Waals surface area contributed by atoms with E-state index >= 15 is 0 Å². The number of rotatable bonds is 6. The van der Waals surface area contributed by atoms with Gasteiger partial charge in [0, 0.05) is 6.54 Å². The number of nitrogens with zero attached hydrogens (tertiary/aromatic N) is 1. The third-order valence-electron chi connectivity index (χ3n) is 2.30. The highest BCUT2D eigenvalue weighted by Gasteiger charge is 2.20. The van der Waals surface area contributed by atoms with Gasteiger partial charge in [0.1, 0.15) is 0 Å². The summed E-state index contributed by atoms with van der Waals surface area (Å²) in [5, 5.41) is 5.58. The summed E-state index contributed by atoms with van der Waals surface area (Å²) in [4.78, 5) is 22.3. The highest BCUT2D eigenvalue weighted by Crippen LogP contribution is 2.16. The van der Waals surface area contributed by atoms with Crippen LogP contribution in [-0.2, 0) is 4.79 Å². The summed E-state index contributed by atoms with van der Waals surface area (Å²) in [6.45, 7) is 2.63. The summed E-state index contributed by atoms with van der Waals surface area (Å²) < 4.78 is 0. The van der Waals surface area contributed by atoms with Crippen molar-refractivity contribution in [2.75, 3.05) is 6.54 Å². The molecule has 1 rings (SSSR count). The van der Waals surface area contributed by atoms with Crippen molar-refractivity contribution < 1.29 is 4.79 Å². The number of unbranched alkanes of at least 4 members (excludes halogenated alkanes) is 1. The lowest BCUT2D eigenvalue weighted by Gasteiger charge is -2.09. The Balaban J connectivity index is 2.61. The van der Waals surface area contributed by atoms with Gasteiger partial charge >= 0.3 is 0 Å². The fraction of sp³-hybridized carbons (Fsp3) is 0.417. The third-order valence-corrected chi connectivity index (χ3v) is 2.30. The van der Waals surface area contributed by atoms with E-state index in [1.165, 1.54) is 0 Å². The quantitative estimate of drug-likeness (QED) is 0.591. The van der Waals surface area contributed by atoms with Crippen molar-refractivity contribution in [3.8, 4) is 0 Å². The van der Waals surface area contributed by atoms with Crippen molar-refractivity contribution in [1.82, 2.24) is 5.32 Å². The lowest BCUT2D eigenvalue weighted by molar-refractivity contribution is -0.122. The molecule has 0 saturated heterocycles. The number of hydrogen-bond acceptors (Lipinski definition) is 3. The molecule has 0 spiro atoms. The average Bonchev–Trinajstić information content (AvgIpc) is 2.32. The Kier molecular flexibility index (Phi) is 5.19. The Labute approximate surface area is 95.0 Å². The number of hydrogen-bond donors (Lipinski definition) is 1. The van der Waals surface area contributed by atoms with Crippen LogP contribution in [-0.4, -0.2) is 12.5 Å². The predicted octanol–water partition coefficient (Wildman–Crippen LogP) is 2.41. The van der Waals surface area contributed by atoms with Crippen LogP contribution in [0.1, 0.15) is 31.4 Å². The maximum atomic E-state index is 11.6. The first-order chi connectivity index (χ1) is 7.79. The van der Waals surface area contributed by atoms with Gasteiger partial charge in [0.05, 0.1) is 0 Å². The van der Waals surface area contributed by atoms with Gasteiger partial charge in [0.25, 0.3) is 5.91 Å². The number of nitroso groups, excluding NO2 is 1. The lowest BCUT2D eigenvalue weighted by atomic mass is 10.1. The number of nitrogens with one attached hydrogen (secondary N) is 1. The van der Waals surface area contributed by atoms with Gasteiger partial charge in [0.15, 0.2) is 6.04 Å². The molecule has 86 valence electrons. The largest absolute Gasteiger partial charge is 0.354 e. The van der Waals surface area contributed by atoms with E-state index in [0.29, 0.717) is 12.1 Å². The molecule has 16 heavy (non-hydrogen) atoms. The van der Waals surface area contributed by atoms with Crippen LogP contribution in [0.4, 0.5) is 0 Å². The third kappa shape index (κ3) is 3.46. The number of benzene rings is 1. The van der Waals surface area contributed by atoms with Crippen LogP contribution in [0.3, 0.4) is 0 Å². The predicted molar refractivity (Wildman–Crippen MR) is 62.9 cm³/mol. The van der Waals surface area contributed by atoms with E-state index in [9.17, 15) is 9.70 Å². The van der Waals surface area contributed by atoms with Gasteiger partial charge in [-0.1, -0.05) is 48.9 Å². The Hall–Kier alpha value is -1.71. The molecule has 0 aliphatic rings. The molecule has 1 unspecified atom stereocenters. The molecule has 0 radical (unpaired) electrons. The zero-order chi connectivity index (χ0) is 11.8. The number of amides is 1.